The van der Waals surface area contributed by atoms with E-state index < -0.39 is 21.1 Å². The lowest BCUT2D eigenvalue weighted by molar-refractivity contribution is -0.149. The van der Waals surface area contributed by atoms with Gasteiger partial charge in [-0.1, -0.05) is 42.5 Å². The Labute approximate surface area is 244 Å². The number of carbonyl (C=O) groups excluding carboxylic acids is 1. The predicted molar refractivity (Wildman–Crippen MR) is 164 cm³/mol. The lowest BCUT2D eigenvalue weighted by Crippen LogP contribution is -2.67. The number of amides is 1. The molecule has 1 fully saturated rings. The molecule has 0 spiro atoms. The Balaban J connectivity index is 1.27. The first-order valence-corrected chi connectivity index (χ1v) is 16.1. The molecule has 3 aromatic rings. The fourth-order valence-electron chi connectivity index (χ4n) is 7.36. The first-order valence-electron chi connectivity index (χ1n) is 14.6. The molecular weight excluding hydrogens is 534 g/mol. The Kier molecular flexibility index (Phi) is 8.21. The van der Waals surface area contributed by atoms with Gasteiger partial charge in [-0.25, -0.2) is 13.1 Å². The lowest BCUT2D eigenvalue weighted by Gasteiger charge is -2.56. The zero-order chi connectivity index (χ0) is 29.4. The number of benzene rings is 3. The summed E-state index contributed by atoms with van der Waals surface area (Å²) in [5.74, 6) is 0.687. The Bertz CT molecular complexity index is 1510. The average Bonchev–Trinajstić information content (AvgIpc) is 3.11. The first-order chi connectivity index (χ1) is 19.4. The Morgan fingerprint density at radius 2 is 1.66 bits per heavy atom. The molecular formula is C33H43N3O4S. The Morgan fingerprint density at radius 3 is 2.39 bits per heavy atom. The van der Waals surface area contributed by atoms with Crippen molar-refractivity contribution in [3.8, 4) is 5.75 Å². The third-order valence-corrected chi connectivity index (χ3v) is 10.2. The number of carbonyl (C=O) groups is 1. The van der Waals surface area contributed by atoms with Crippen LogP contribution in [-0.4, -0.2) is 56.0 Å². The van der Waals surface area contributed by atoms with E-state index in [1.165, 1.54) is 11.1 Å². The minimum absolute atomic E-state index is 0.187. The predicted octanol–water partition coefficient (Wildman–Crippen LogP) is 5.21. The number of aryl methyl sites for hydroxylation is 1. The van der Waals surface area contributed by atoms with E-state index in [1.807, 2.05) is 35.2 Å². The van der Waals surface area contributed by atoms with Crippen molar-refractivity contribution < 1.29 is 17.9 Å². The Hall–Kier alpha value is -2.94. The van der Waals surface area contributed by atoms with E-state index in [1.54, 1.807) is 25.3 Å². The van der Waals surface area contributed by atoms with Crippen LogP contribution >= 0.6 is 0 Å². The van der Waals surface area contributed by atoms with Crippen LogP contribution in [0.5, 0.6) is 5.75 Å². The molecule has 1 heterocycles. The molecule has 1 atom stereocenters. The van der Waals surface area contributed by atoms with Crippen molar-refractivity contribution in [2.75, 3.05) is 13.7 Å². The molecule has 220 valence electrons. The summed E-state index contributed by atoms with van der Waals surface area (Å²) in [6, 6.07) is 19.6. The van der Waals surface area contributed by atoms with Crippen molar-refractivity contribution in [2.24, 2.45) is 0 Å². The van der Waals surface area contributed by atoms with Gasteiger partial charge in [-0.2, -0.15) is 0 Å². The maximum Gasteiger partial charge on any atom is 0.241 e. The van der Waals surface area contributed by atoms with Crippen LogP contribution in [0.15, 0.2) is 65.6 Å². The van der Waals surface area contributed by atoms with Crippen LogP contribution in [0, 0.1) is 0 Å². The van der Waals surface area contributed by atoms with E-state index in [4.69, 9.17) is 4.74 Å². The molecule has 0 aromatic heterocycles. The van der Waals surface area contributed by atoms with Crippen molar-refractivity contribution >= 4 is 26.7 Å². The number of nitrogens with one attached hydrogen (secondary N) is 2. The molecule has 1 aliphatic carbocycles. The van der Waals surface area contributed by atoms with E-state index in [0.29, 0.717) is 11.4 Å². The molecule has 0 bridgehead atoms. The van der Waals surface area contributed by atoms with Gasteiger partial charge in [0.1, 0.15) is 5.75 Å². The summed E-state index contributed by atoms with van der Waals surface area (Å²) in [5.41, 5.74) is 1.85. The van der Waals surface area contributed by atoms with Crippen molar-refractivity contribution in [3.05, 3.63) is 71.8 Å². The Morgan fingerprint density at radius 1 is 0.951 bits per heavy atom. The molecule has 1 aliphatic heterocycles. The van der Waals surface area contributed by atoms with Crippen LogP contribution < -0.4 is 14.8 Å². The standard InChI is InChI=1S/C33H43N3O4S/c1-32(2)20-27(35-26-13-8-11-23-16-17-28(40-5)19-25(23)18-26)21-33(3,4)36(32)31(37)22-34-41(38,39)30-15-9-12-24-10-6-7-14-29(24)30/h6-7,9-10,12,14-17,19,26-27,34-35H,8,11,13,18,20-22H2,1-5H3. The summed E-state index contributed by atoms with van der Waals surface area (Å²) in [6.45, 7) is 8.08. The van der Waals surface area contributed by atoms with Crippen LogP contribution in [0.1, 0.15) is 64.5 Å². The fraction of sp³-hybridized carbons (Fsp3) is 0.485. The first kappa shape index (κ1) is 29.5. The van der Waals surface area contributed by atoms with Gasteiger partial charge in [0.05, 0.1) is 18.6 Å². The summed E-state index contributed by atoms with van der Waals surface area (Å²) in [4.78, 5) is 15.8. The molecule has 2 aliphatic rings. The summed E-state index contributed by atoms with van der Waals surface area (Å²) < 4.78 is 34.6. The van der Waals surface area contributed by atoms with Crippen LogP contribution in [-0.2, 0) is 27.7 Å². The molecule has 41 heavy (non-hydrogen) atoms. The third kappa shape index (κ3) is 6.30. The molecule has 1 saturated heterocycles. The van der Waals surface area contributed by atoms with Crippen LogP contribution in [0.2, 0.25) is 0 Å². The molecule has 2 N–H and O–H groups in total. The van der Waals surface area contributed by atoms with Crippen molar-refractivity contribution in [1.82, 2.24) is 14.9 Å². The smallest absolute Gasteiger partial charge is 0.241 e. The highest BCUT2D eigenvalue weighted by molar-refractivity contribution is 7.89. The highest BCUT2D eigenvalue weighted by Crippen LogP contribution is 2.39. The molecule has 0 saturated carbocycles. The van der Waals surface area contributed by atoms with Crippen LogP contribution in [0.4, 0.5) is 0 Å². The molecule has 0 radical (unpaired) electrons. The number of hydrogen-bond acceptors (Lipinski definition) is 5. The van der Waals surface area contributed by atoms with Gasteiger partial charge in [-0.05, 0) is 101 Å². The number of ether oxygens (including phenoxy) is 1. The molecule has 5 rings (SSSR count). The van der Waals surface area contributed by atoms with Gasteiger partial charge in [0.15, 0.2) is 0 Å². The zero-order valence-corrected chi connectivity index (χ0v) is 25.7. The monoisotopic (exact) mass is 577 g/mol. The van der Waals surface area contributed by atoms with E-state index in [2.05, 4.69) is 49.9 Å². The summed E-state index contributed by atoms with van der Waals surface area (Å²) >= 11 is 0. The van der Waals surface area contributed by atoms with E-state index in [0.717, 1.165) is 49.7 Å². The van der Waals surface area contributed by atoms with Gasteiger partial charge in [0.2, 0.25) is 15.9 Å². The second-order valence-electron chi connectivity index (χ2n) is 12.9. The van der Waals surface area contributed by atoms with Gasteiger partial charge in [-0.15, -0.1) is 0 Å². The van der Waals surface area contributed by atoms with Gasteiger partial charge in [-0.3, -0.25) is 4.79 Å². The van der Waals surface area contributed by atoms with Gasteiger partial charge in [0.25, 0.3) is 0 Å². The summed E-state index contributed by atoms with van der Waals surface area (Å²) in [6.07, 6.45) is 5.86. The van der Waals surface area contributed by atoms with E-state index >= 15 is 0 Å². The van der Waals surface area contributed by atoms with E-state index in [-0.39, 0.29) is 23.4 Å². The number of fused-ring (bicyclic) bond motifs is 2. The molecule has 3 aromatic carbocycles. The summed E-state index contributed by atoms with van der Waals surface area (Å²) in [5, 5.41) is 5.43. The zero-order valence-electron chi connectivity index (χ0n) is 24.9. The quantitative estimate of drug-likeness (QED) is 0.377. The topological polar surface area (TPSA) is 87.7 Å². The number of rotatable bonds is 7. The van der Waals surface area contributed by atoms with Gasteiger partial charge in [0, 0.05) is 28.5 Å². The second-order valence-corrected chi connectivity index (χ2v) is 14.6. The fourth-order valence-corrected chi connectivity index (χ4v) is 8.56. The molecule has 1 unspecified atom stereocenters. The van der Waals surface area contributed by atoms with Gasteiger partial charge >= 0.3 is 0 Å². The highest BCUT2D eigenvalue weighted by Gasteiger charge is 2.48. The SMILES string of the molecule is COc1ccc2c(c1)CC(NC1CC(C)(C)N(C(=O)CNS(=O)(=O)c3cccc4ccccc34)C(C)(C)C1)CCC2. The molecule has 7 nitrogen and oxygen atoms in total. The largest absolute Gasteiger partial charge is 0.497 e. The number of methoxy groups -OCH3 is 1. The van der Waals surface area contributed by atoms with E-state index in [9.17, 15) is 13.2 Å². The second kappa shape index (κ2) is 11.4. The third-order valence-electron chi connectivity index (χ3n) is 8.75. The average molecular weight is 578 g/mol. The number of likely N-dealkylation sites (tertiary alicyclic amines) is 1. The van der Waals surface area contributed by atoms with Crippen molar-refractivity contribution in [3.63, 3.8) is 0 Å². The minimum atomic E-state index is -3.88. The summed E-state index contributed by atoms with van der Waals surface area (Å²) in [7, 11) is -2.17. The maximum atomic E-state index is 13.7. The maximum absolute atomic E-state index is 13.7. The number of hydrogen-bond donors (Lipinski definition) is 2. The lowest BCUT2D eigenvalue weighted by atomic mass is 9.76. The normalized spacial score (nSPS) is 20.8. The minimum Gasteiger partial charge on any atom is -0.497 e. The van der Waals surface area contributed by atoms with Crippen LogP contribution in [0.25, 0.3) is 10.8 Å². The molecule has 8 heteroatoms. The van der Waals surface area contributed by atoms with Gasteiger partial charge < -0.3 is 15.0 Å². The number of sulfonamides is 1. The van der Waals surface area contributed by atoms with Crippen molar-refractivity contribution in [1.29, 1.82) is 0 Å². The van der Waals surface area contributed by atoms with Crippen molar-refractivity contribution in [2.45, 2.75) is 94.3 Å². The van der Waals surface area contributed by atoms with Crippen LogP contribution in [0.3, 0.4) is 0 Å². The highest BCUT2D eigenvalue weighted by atomic mass is 32.2. The number of piperidine rings is 1. The molecule has 1 amide bonds. The number of nitrogens with zero attached hydrogens (tertiary/aromatic N) is 1.